The lowest BCUT2D eigenvalue weighted by molar-refractivity contribution is -0.274. The summed E-state index contributed by atoms with van der Waals surface area (Å²) in [5, 5.41) is 13.2. The minimum absolute atomic E-state index is 0.158. The topological polar surface area (TPSA) is 70.6 Å². The Morgan fingerprint density at radius 3 is 2.42 bits per heavy atom. The summed E-state index contributed by atoms with van der Waals surface area (Å²) in [6.45, 7) is -0.817. The van der Waals surface area contributed by atoms with Crippen LogP contribution >= 0.6 is 11.6 Å². The van der Waals surface area contributed by atoms with Crippen molar-refractivity contribution in [2.24, 2.45) is 0 Å². The molecule has 0 aliphatic heterocycles. The van der Waals surface area contributed by atoms with Crippen LogP contribution in [0.2, 0.25) is 5.02 Å². The number of anilines is 2. The van der Waals surface area contributed by atoms with Crippen molar-refractivity contribution < 1.29 is 36.6 Å². The van der Waals surface area contributed by atoms with Gasteiger partial charge in [0, 0.05) is 28.4 Å². The molecule has 5 nitrogen and oxygen atoms in total. The maximum absolute atomic E-state index is 13.5. The van der Waals surface area contributed by atoms with E-state index in [1.807, 2.05) is 0 Å². The Hall–Kier alpha value is -2.59. The van der Waals surface area contributed by atoms with Crippen LogP contribution in [-0.2, 0) is 6.61 Å². The Labute approximate surface area is 148 Å². The second kappa shape index (κ2) is 7.75. The number of halogens is 6. The third kappa shape index (κ3) is 5.46. The molecule has 26 heavy (non-hydrogen) atoms. The molecule has 0 heterocycles. The average Bonchev–Trinajstić information content (AvgIpc) is 2.43. The molecular weight excluding hydrogens is 387 g/mol. The van der Waals surface area contributed by atoms with Gasteiger partial charge in [-0.25, -0.2) is 13.6 Å². The maximum Gasteiger partial charge on any atom is 0.573 e. The average molecular weight is 397 g/mol. The second-order valence-corrected chi connectivity index (χ2v) is 5.31. The van der Waals surface area contributed by atoms with Gasteiger partial charge in [0.1, 0.15) is 17.4 Å². The van der Waals surface area contributed by atoms with Crippen molar-refractivity contribution in [2.75, 3.05) is 10.6 Å². The first-order valence-electron chi connectivity index (χ1n) is 6.80. The van der Waals surface area contributed by atoms with E-state index < -0.39 is 36.4 Å². The highest BCUT2D eigenvalue weighted by Gasteiger charge is 2.31. The number of carbonyl (C=O) groups is 1. The van der Waals surface area contributed by atoms with Gasteiger partial charge < -0.3 is 20.5 Å². The molecule has 0 fully saturated rings. The van der Waals surface area contributed by atoms with E-state index in [1.54, 1.807) is 0 Å². The first-order valence-corrected chi connectivity index (χ1v) is 7.18. The summed E-state index contributed by atoms with van der Waals surface area (Å²) in [6.07, 6.45) is -4.96. The molecule has 0 aliphatic carbocycles. The van der Waals surface area contributed by atoms with Gasteiger partial charge in [-0.2, -0.15) is 0 Å². The van der Waals surface area contributed by atoms with Crippen LogP contribution in [-0.4, -0.2) is 17.5 Å². The van der Waals surface area contributed by atoms with Crippen LogP contribution in [0.1, 0.15) is 5.56 Å². The maximum atomic E-state index is 13.5. The van der Waals surface area contributed by atoms with Crippen molar-refractivity contribution in [1.82, 2.24) is 0 Å². The van der Waals surface area contributed by atoms with Gasteiger partial charge in [0.25, 0.3) is 0 Å². The zero-order chi connectivity index (χ0) is 19.5. The number of nitrogens with one attached hydrogen (secondary N) is 2. The number of aliphatic hydroxyl groups excluding tert-OH is 1. The summed E-state index contributed by atoms with van der Waals surface area (Å²) < 4.78 is 67.3. The Morgan fingerprint density at radius 1 is 1.12 bits per heavy atom. The number of benzene rings is 2. The third-order valence-electron chi connectivity index (χ3n) is 2.93. The second-order valence-electron chi connectivity index (χ2n) is 4.87. The molecule has 0 saturated carbocycles. The highest BCUT2D eigenvalue weighted by molar-refractivity contribution is 6.31. The van der Waals surface area contributed by atoms with Crippen molar-refractivity contribution in [2.45, 2.75) is 13.0 Å². The highest BCUT2D eigenvalue weighted by Crippen LogP contribution is 2.29. The monoisotopic (exact) mass is 396 g/mol. The summed E-state index contributed by atoms with van der Waals surface area (Å²) in [6, 6.07) is 3.10. The van der Waals surface area contributed by atoms with E-state index in [0.29, 0.717) is 6.07 Å². The molecule has 2 aromatic carbocycles. The van der Waals surface area contributed by atoms with E-state index in [0.717, 1.165) is 24.3 Å². The van der Waals surface area contributed by atoms with Crippen LogP contribution in [0, 0.1) is 11.6 Å². The molecule has 0 atom stereocenters. The van der Waals surface area contributed by atoms with E-state index in [2.05, 4.69) is 15.4 Å². The molecule has 11 heteroatoms. The minimum Gasteiger partial charge on any atom is -0.406 e. The lowest BCUT2D eigenvalue weighted by Crippen LogP contribution is -2.21. The van der Waals surface area contributed by atoms with Gasteiger partial charge in [-0.1, -0.05) is 11.6 Å². The fraction of sp³-hybridized carbons (Fsp3) is 0.133. The van der Waals surface area contributed by atoms with E-state index in [1.165, 1.54) is 0 Å². The molecule has 140 valence electrons. The van der Waals surface area contributed by atoms with Crippen molar-refractivity contribution in [3.05, 3.63) is 52.6 Å². The Balaban J connectivity index is 2.18. The number of hydrogen-bond donors (Lipinski definition) is 3. The summed E-state index contributed by atoms with van der Waals surface area (Å²) in [5.74, 6) is -2.75. The number of aliphatic hydroxyl groups is 1. The van der Waals surface area contributed by atoms with Crippen molar-refractivity contribution in [3.63, 3.8) is 0 Å². The van der Waals surface area contributed by atoms with Gasteiger partial charge in [-0.15, -0.1) is 13.2 Å². The van der Waals surface area contributed by atoms with Crippen LogP contribution in [0.25, 0.3) is 0 Å². The first-order chi connectivity index (χ1) is 12.1. The van der Waals surface area contributed by atoms with Crippen molar-refractivity contribution in [3.8, 4) is 5.75 Å². The Kier molecular flexibility index (Phi) is 5.88. The van der Waals surface area contributed by atoms with Gasteiger partial charge in [0.2, 0.25) is 0 Å². The molecule has 3 N–H and O–H groups in total. The standard InChI is InChI=1S/C15H10ClF5N2O3/c16-7-1-9(5-10(2-7)26-15(19,20)21)22-14(25)23-13-4-8(17)3-12(18)11(13)6-24/h1-5,24H,6H2,(H2,22,23,25). The largest absolute Gasteiger partial charge is 0.573 e. The van der Waals surface area contributed by atoms with E-state index in [-0.39, 0.29) is 22.0 Å². The van der Waals surface area contributed by atoms with Gasteiger partial charge in [0.15, 0.2) is 0 Å². The smallest absolute Gasteiger partial charge is 0.406 e. The van der Waals surface area contributed by atoms with E-state index >= 15 is 0 Å². The molecule has 0 unspecified atom stereocenters. The Bertz CT molecular complexity index is 830. The molecule has 2 aromatic rings. The number of amides is 2. The molecule has 2 amide bonds. The summed E-state index contributed by atoms with van der Waals surface area (Å²) >= 11 is 5.66. The Morgan fingerprint density at radius 2 is 1.81 bits per heavy atom. The molecule has 2 rings (SSSR count). The summed E-state index contributed by atoms with van der Waals surface area (Å²) in [5.41, 5.74) is -0.887. The number of alkyl halides is 3. The van der Waals surface area contributed by atoms with E-state index in [9.17, 15) is 26.7 Å². The third-order valence-corrected chi connectivity index (χ3v) is 3.15. The SMILES string of the molecule is O=C(Nc1cc(Cl)cc(OC(F)(F)F)c1)Nc1cc(F)cc(F)c1CO. The lowest BCUT2D eigenvalue weighted by atomic mass is 10.1. The van der Waals surface area contributed by atoms with Crippen LogP contribution < -0.4 is 15.4 Å². The zero-order valence-electron chi connectivity index (χ0n) is 12.6. The first kappa shape index (κ1) is 19.7. The van der Waals surface area contributed by atoms with Gasteiger partial charge >= 0.3 is 12.4 Å². The van der Waals surface area contributed by atoms with E-state index in [4.69, 9.17) is 16.7 Å². The fourth-order valence-electron chi connectivity index (χ4n) is 1.99. The van der Waals surface area contributed by atoms with Crippen LogP contribution in [0.15, 0.2) is 30.3 Å². The normalized spacial score (nSPS) is 11.2. The molecule has 0 saturated heterocycles. The van der Waals surface area contributed by atoms with Gasteiger partial charge in [-0.05, 0) is 18.2 Å². The zero-order valence-corrected chi connectivity index (χ0v) is 13.4. The molecule has 0 spiro atoms. The minimum atomic E-state index is -4.96. The molecule has 0 aliphatic rings. The predicted octanol–water partition coefficient (Wildman–Crippen LogP) is 4.65. The predicted molar refractivity (Wildman–Crippen MR) is 83.1 cm³/mol. The number of hydrogen-bond acceptors (Lipinski definition) is 3. The van der Waals surface area contributed by atoms with Crippen molar-refractivity contribution in [1.29, 1.82) is 0 Å². The number of rotatable bonds is 4. The van der Waals surface area contributed by atoms with Crippen molar-refractivity contribution >= 4 is 29.0 Å². The fourth-order valence-corrected chi connectivity index (χ4v) is 2.21. The number of urea groups is 1. The van der Waals surface area contributed by atoms with Gasteiger partial charge in [0.05, 0.1) is 12.3 Å². The molecule has 0 aromatic heterocycles. The number of ether oxygens (including phenoxy) is 1. The van der Waals surface area contributed by atoms with Crippen LogP contribution in [0.3, 0.4) is 0 Å². The summed E-state index contributed by atoms with van der Waals surface area (Å²) in [7, 11) is 0. The molecule has 0 radical (unpaired) electrons. The summed E-state index contributed by atoms with van der Waals surface area (Å²) in [4.78, 5) is 11.9. The highest BCUT2D eigenvalue weighted by atomic mass is 35.5. The van der Waals surface area contributed by atoms with Gasteiger partial charge in [-0.3, -0.25) is 0 Å². The van der Waals surface area contributed by atoms with Crippen LogP contribution in [0.4, 0.5) is 38.1 Å². The quantitative estimate of drug-likeness (QED) is 0.659. The van der Waals surface area contributed by atoms with Crippen LogP contribution in [0.5, 0.6) is 5.75 Å². The number of carbonyl (C=O) groups excluding carboxylic acids is 1. The lowest BCUT2D eigenvalue weighted by Gasteiger charge is -2.13. The molecule has 0 bridgehead atoms. The molecular formula is C15H10ClF5N2O3.